The van der Waals surface area contributed by atoms with Crippen LogP contribution < -0.4 is 10.2 Å². The molecule has 1 aliphatic heterocycles. The van der Waals surface area contributed by atoms with Crippen LogP contribution in [0.15, 0.2) is 52.0 Å². The molecule has 0 unspecified atom stereocenters. The molecule has 2 amide bonds. The fourth-order valence-corrected chi connectivity index (χ4v) is 3.29. The molecular formula is C16H16N2O3S. The summed E-state index contributed by atoms with van der Waals surface area (Å²) in [6.45, 7) is 0.349. The summed E-state index contributed by atoms with van der Waals surface area (Å²) in [6, 6.07) is 11.2. The number of benzene rings is 1. The Kier molecular flexibility index (Phi) is 4.48. The third-order valence-corrected chi connectivity index (χ3v) is 4.44. The molecule has 1 aromatic heterocycles. The number of carbonyl (C=O) groups is 2. The molecule has 22 heavy (non-hydrogen) atoms. The van der Waals surface area contributed by atoms with Crippen molar-refractivity contribution in [1.29, 1.82) is 0 Å². The Bertz CT molecular complexity index is 670. The Hall–Kier alpha value is -2.21. The number of anilines is 1. The highest BCUT2D eigenvalue weighted by atomic mass is 32.2. The number of nitrogens with one attached hydrogen (secondary N) is 1. The van der Waals surface area contributed by atoms with E-state index in [4.69, 9.17) is 4.42 Å². The summed E-state index contributed by atoms with van der Waals surface area (Å²) < 4.78 is 5.17. The number of carbonyl (C=O) groups excluding carboxylic acids is 2. The summed E-state index contributed by atoms with van der Waals surface area (Å²) in [7, 11) is 0. The summed E-state index contributed by atoms with van der Waals surface area (Å²) >= 11 is 1.65. The number of rotatable bonds is 4. The van der Waals surface area contributed by atoms with Crippen LogP contribution in [0.4, 0.5) is 5.69 Å². The normalized spacial score (nSPS) is 14.4. The molecule has 0 aliphatic carbocycles. The molecule has 0 spiro atoms. The van der Waals surface area contributed by atoms with Crippen LogP contribution >= 0.6 is 11.8 Å². The molecule has 2 aromatic rings. The van der Waals surface area contributed by atoms with Crippen molar-refractivity contribution >= 4 is 29.3 Å². The van der Waals surface area contributed by atoms with Crippen molar-refractivity contribution in [3.8, 4) is 0 Å². The van der Waals surface area contributed by atoms with Crippen LogP contribution in [0.25, 0.3) is 0 Å². The quantitative estimate of drug-likeness (QED) is 0.941. The highest BCUT2D eigenvalue weighted by molar-refractivity contribution is 7.99. The minimum atomic E-state index is -0.202. The van der Waals surface area contributed by atoms with E-state index in [1.54, 1.807) is 35.1 Å². The van der Waals surface area contributed by atoms with Crippen LogP contribution in [0.2, 0.25) is 0 Å². The Morgan fingerprint density at radius 3 is 2.95 bits per heavy atom. The third-order valence-electron chi connectivity index (χ3n) is 3.37. The molecule has 2 heterocycles. The first kappa shape index (κ1) is 14.7. The number of hydrogen-bond donors (Lipinski definition) is 1. The van der Waals surface area contributed by atoms with Gasteiger partial charge in [-0.1, -0.05) is 12.1 Å². The smallest absolute Gasteiger partial charge is 0.240 e. The van der Waals surface area contributed by atoms with Gasteiger partial charge in [-0.3, -0.25) is 9.59 Å². The maximum absolute atomic E-state index is 12.3. The molecule has 5 nitrogen and oxygen atoms in total. The maximum atomic E-state index is 12.3. The fraction of sp³-hybridized carbons (Fsp3) is 0.250. The first-order chi connectivity index (χ1) is 10.7. The highest BCUT2D eigenvalue weighted by Crippen LogP contribution is 2.33. The molecule has 0 saturated carbocycles. The molecule has 1 aromatic carbocycles. The van der Waals surface area contributed by atoms with Gasteiger partial charge in [-0.15, -0.1) is 11.8 Å². The number of thioether (sulfide) groups is 1. The molecule has 114 valence electrons. The van der Waals surface area contributed by atoms with Crippen LogP contribution in [-0.2, 0) is 16.1 Å². The monoisotopic (exact) mass is 316 g/mol. The van der Waals surface area contributed by atoms with Crippen molar-refractivity contribution in [3.63, 3.8) is 0 Å². The fourth-order valence-electron chi connectivity index (χ4n) is 2.29. The van der Waals surface area contributed by atoms with Gasteiger partial charge in [0.25, 0.3) is 0 Å². The second kappa shape index (κ2) is 6.70. The van der Waals surface area contributed by atoms with E-state index in [-0.39, 0.29) is 18.4 Å². The number of hydrogen-bond acceptors (Lipinski definition) is 4. The predicted molar refractivity (Wildman–Crippen MR) is 84.7 cm³/mol. The minimum absolute atomic E-state index is 0.0226. The van der Waals surface area contributed by atoms with Gasteiger partial charge in [0.15, 0.2) is 0 Å². The van der Waals surface area contributed by atoms with Gasteiger partial charge in [0.05, 0.1) is 18.5 Å². The van der Waals surface area contributed by atoms with Crippen molar-refractivity contribution in [1.82, 2.24) is 5.32 Å². The van der Waals surface area contributed by atoms with Crippen molar-refractivity contribution < 1.29 is 14.0 Å². The van der Waals surface area contributed by atoms with E-state index in [1.807, 2.05) is 24.3 Å². The van der Waals surface area contributed by atoms with E-state index in [9.17, 15) is 9.59 Å². The van der Waals surface area contributed by atoms with Crippen LogP contribution in [-0.4, -0.2) is 24.1 Å². The van der Waals surface area contributed by atoms with Crippen molar-refractivity contribution in [2.24, 2.45) is 0 Å². The van der Waals surface area contributed by atoms with Gasteiger partial charge in [-0.25, -0.2) is 0 Å². The zero-order valence-electron chi connectivity index (χ0n) is 12.0. The standard InChI is InChI=1S/C16H16N2O3S/c19-15(17-10-12-4-3-8-21-12)11-18-13-5-1-2-6-14(13)22-9-7-16(18)20/h1-6,8H,7,9-11H2,(H,17,19). The number of para-hydroxylation sites is 1. The first-order valence-corrected chi connectivity index (χ1v) is 8.04. The molecule has 0 bridgehead atoms. The lowest BCUT2D eigenvalue weighted by Crippen LogP contribution is -2.40. The zero-order valence-corrected chi connectivity index (χ0v) is 12.8. The molecule has 3 rings (SSSR count). The van der Waals surface area contributed by atoms with Gasteiger partial charge >= 0.3 is 0 Å². The lowest BCUT2D eigenvalue weighted by atomic mass is 10.2. The van der Waals surface area contributed by atoms with E-state index < -0.39 is 0 Å². The van der Waals surface area contributed by atoms with Gasteiger partial charge in [-0.2, -0.15) is 0 Å². The number of furan rings is 1. The second-order valence-corrected chi connectivity index (χ2v) is 6.04. The summed E-state index contributed by atoms with van der Waals surface area (Å²) in [5.41, 5.74) is 0.808. The van der Waals surface area contributed by atoms with Gasteiger partial charge in [0.2, 0.25) is 11.8 Å². The van der Waals surface area contributed by atoms with Crippen LogP contribution in [0.5, 0.6) is 0 Å². The number of nitrogens with zero attached hydrogens (tertiary/aromatic N) is 1. The average Bonchev–Trinajstić information content (AvgIpc) is 2.99. The molecular weight excluding hydrogens is 300 g/mol. The molecule has 0 fully saturated rings. The predicted octanol–water partition coefficient (Wildman–Crippen LogP) is 2.42. The van der Waals surface area contributed by atoms with Crippen molar-refractivity contribution in [2.75, 3.05) is 17.2 Å². The van der Waals surface area contributed by atoms with Gasteiger partial charge in [0.1, 0.15) is 12.3 Å². The molecule has 0 saturated heterocycles. The van der Waals surface area contributed by atoms with E-state index in [2.05, 4.69) is 5.32 Å². The lowest BCUT2D eigenvalue weighted by molar-refractivity contribution is -0.123. The second-order valence-electron chi connectivity index (χ2n) is 4.90. The van der Waals surface area contributed by atoms with E-state index in [1.165, 1.54) is 0 Å². The van der Waals surface area contributed by atoms with Crippen LogP contribution in [0.1, 0.15) is 12.2 Å². The van der Waals surface area contributed by atoms with Gasteiger partial charge < -0.3 is 14.6 Å². The minimum Gasteiger partial charge on any atom is -0.467 e. The largest absolute Gasteiger partial charge is 0.467 e. The van der Waals surface area contributed by atoms with Crippen LogP contribution in [0, 0.1) is 0 Å². The van der Waals surface area contributed by atoms with E-state index in [0.717, 1.165) is 16.3 Å². The number of fused-ring (bicyclic) bond motifs is 1. The topological polar surface area (TPSA) is 62.6 Å². The first-order valence-electron chi connectivity index (χ1n) is 7.05. The SMILES string of the molecule is O=C(CN1C(=O)CCSc2ccccc21)NCc1ccco1. The average molecular weight is 316 g/mol. The molecule has 1 N–H and O–H groups in total. The van der Waals surface area contributed by atoms with E-state index >= 15 is 0 Å². The molecule has 1 aliphatic rings. The number of amides is 2. The third kappa shape index (κ3) is 3.33. The van der Waals surface area contributed by atoms with E-state index in [0.29, 0.717) is 18.7 Å². The van der Waals surface area contributed by atoms with Crippen molar-refractivity contribution in [2.45, 2.75) is 17.9 Å². The van der Waals surface area contributed by atoms with Crippen LogP contribution in [0.3, 0.4) is 0 Å². The van der Waals surface area contributed by atoms with Crippen molar-refractivity contribution in [3.05, 3.63) is 48.4 Å². The lowest BCUT2D eigenvalue weighted by Gasteiger charge is -2.21. The summed E-state index contributed by atoms with van der Waals surface area (Å²) in [5, 5.41) is 2.77. The summed E-state index contributed by atoms with van der Waals surface area (Å²) in [4.78, 5) is 27.0. The highest BCUT2D eigenvalue weighted by Gasteiger charge is 2.24. The summed E-state index contributed by atoms with van der Waals surface area (Å²) in [5.74, 6) is 1.20. The summed E-state index contributed by atoms with van der Waals surface area (Å²) in [6.07, 6.45) is 2.00. The molecule has 0 radical (unpaired) electrons. The Morgan fingerprint density at radius 2 is 2.14 bits per heavy atom. The maximum Gasteiger partial charge on any atom is 0.240 e. The van der Waals surface area contributed by atoms with Gasteiger partial charge in [-0.05, 0) is 24.3 Å². The zero-order chi connectivity index (χ0) is 15.4. The molecule has 0 atom stereocenters. The Morgan fingerprint density at radius 1 is 1.27 bits per heavy atom. The van der Waals surface area contributed by atoms with Gasteiger partial charge in [0, 0.05) is 17.1 Å². The Labute approximate surface area is 132 Å². The molecule has 6 heteroatoms. The Balaban J connectivity index is 1.69.